The molecule has 0 radical (unpaired) electrons. The summed E-state index contributed by atoms with van der Waals surface area (Å²) in [4.78, 5) is 23.0. The number of fused-ring (bicyclic) bond motifs is 1. The van der Waals surface area contributed by atoms with E-state index in [1.807, 2.05) is 6.07 Å². The first-order valence-corrected chi connectivity index (χ1v) is 8.75. The maximum absolute atomic E-state index is 14.6. The normalized spacial score (nSPS) is 15.1. The van der Waals surface area contributed by atoms with Gasteiger partial charge in [-0.1, -0.05) is 19.9 Å². The molecule has 3 rings (SSSR count). The van der Waals surface area contributed by atoms with Gasteiger partial charge in [0.1, 0.15) is 5.75 Å². The number of carboxylic acids is 1. The highest BCUT2D eigenvalue weighted by Crippen LogP contribution is 2.45. The summed E-state index contributed by atoms with van der Waals surface area (Å²) < 4.78 is 21.0. The highest BCUT2D eigenvalue weighted by atomic mass is 79.9. The quantitative estimate of drug-likeness (QED) is 0.779. The summed E-state index contributed by atoms with van der Waals surface area (Å²) in [5.41, 5.74) is 5.86. The topological polar surface area (TPSA) is 89.6 Å². The van der Waals surface area contributed by atoms with Crippen LogP contribution in [-0.4, -0.2) is 23.6 Å². The Hall–Kier alpha value is -2.41. The van der Waals surface area contributed by atoms with Gasteiger partial charge in [-0.15, -0.1) is 0 Å². The third kappa shape index (κ3) is 2.96. The van der Waals surface area contributed by atoms with Crippen molar-refractivity contribution in [3.8, 4) is 16.9 Å². The molecule has 0 saturated carbocycles. The lowest BCUT2D eigenvalue weighted by atomic mass is 9.78. The van der Waals surface area contributed by atoms with Crippen molar-refractivity contribution in [3.63, 3.8) is 0 Å². The summed E-state index contributed by atoms with van der Waals surface area (Å²) in [6.07, 6.45) is 0.810. The summed E-state index contributed by atoms with van der Waals surface area (Å²) in [6.45, 7) is 4.74. The van der Waals surface area contributed by atoms with Gasteiger partial charge < -0.3 is 15.6 Å². The third-order valence-electron chi connectivity index (χ3n) is 4.68. The van der Waals surface area contributed by atoms with Crippen LogP contribution >= 0.6 is 15.9 Å². The van der Waals surface area contributed by atoms with E-state index in [0.717, 1.165) is 18.1 Å². The number of nitrogens with two attached hydrogens (primary N) is 1. The number of benzene rings is 2. The average molecular weight is 422 g/mol. The summed E-state index contributed by atoms with van der Waals surface area (Å²) in [6, 6.07) is 6.08. The summed E-state index contributed by atoms with van der Waals surface area (Å²) in [5.74, 6) is -2.90. The molecule has 7 heteroatoms. The average Bonchev–Trinajstić information content (AvgIpc) is 2.54. The van der Waals surface area contributed by atoms with Crippen molar-refractivity contribution in [1.82, 2.24) is 0 Å². The van der Waals surface area contributed by atoms with E-state index in [1.54, 1.807) is 6.07 Å². The standard InChI is InChI=1S/C19H17BrFNO4/c1-19(2)5-6-26-16-12(19)7-9(8-13(16)20)10-3-4-11(18(24)25)15(21)14(10)17(22)23/h3-4,7-8H,5-6H2,1-2H3,(H2,22,23)(H,24,25). The number of hydrogen-bond donors (Lipinski definition) is 2. The Morgan fingerprint density at radius 3 is 2.62 bits per heavy atom. The van der Waals surface area contributed by atoms with Crippen molar-refractivity contribution in [3.05, 3.63) is 51.2 Å². The summed E-state index contributed by atoms with van der Waals surface area (Å²) >= 11 is 3.47. The van der Waals surface area contributed by atoms with Crippen molar-refractivity contribution in [1.29, 1.82) is 0 Å². The fourth-order valence-corrected chi connectivity index (χ4v) is 3.74. The number of hydrogen-bond acceptors (Lipinski definition) is 3. The molecular formula is C19H17BrFNO4. The van der Waals surface area contributed by atoms with Crippen LogP contribution in [0, 0.1) is 5.82 Å². The lowest BCUT2D eigenvalue weighted by molar-refractivity contribution is 0.0692. The van der Waals surface area contributed by atoms with Gasteiger partial charge in [-0.05, 0) is 57.1 Å². The molecule has 2 aromatic carbocycles. The van der Waals surface area contributed by atoms with Crippen molar-refractivity contribution < 1.29 is 23.8 Å². The lowest BCUT2D eigenvalue weighted by Gasteiger charge is -2.33. The molecule has 1 heterocycles. The van der Waals surface area contributed by atoms with Gasteiger partial charge in [0.25, 0.3) is 5.91 Å². The predicted octanol–water partition coefficient (Wildman–Crippen LogP) is 4.11. The molecule has 136 valence electrons. The fraction of sp³-hybridized carbons (Fsp3) is 0.263. The Morgan fingerprint density at radius 2 is 2.00 bits per heavy atom. The number of halogens is 2. The van der Waals surface area contributed by atoms with Crippen LogP contribution in [0.1, 0.15) is 46.5 Å². The van der Waals surface area contributed by atoms with Crippen molar-refractivity contribution >= 4 is 27.8 Å². The zero-order valence-electron chi connectivity index (χ0n) is 14.2. The van der Waals surface area contributed by atoms with Gasteiger partial charge in [0, 0.05) is 5.56 Å². The first kappa shape index (κ1) is 18.4. The van der Waals surface area contributed by atoms with Crippen molar-refractivity contribution in [2.75, 3.05) is 6.61 Å². The highest BCUT2D eigenvalue weighted by Gasteiger charge is 2.31. The SMILES string of the molecule is CC1(C)CCOc2c(Br)cc(-c3ccc(C(=O)O)c(F)c3C(N)=O)cc21. The number of amides is 1. The van der Waals surface area contributed by atoms with Crippen LogP contribution in [0.4, 0.5) is 4.39 Å². The van der Waals surface area contributed by atoms with Crippen LogP contribution < -0.4 is 10.5 Å². The Kier molecular flexibility index (Phi) is 4.52. The summed E-state index contributed by atoms with van der Waals surface area (Å²) in [5, 5.41) is 9.09. The van der Waals surface area contributed by atoms with Gasteiger partial charge in [-0.2, -0.15) is 0 Å². The van der Waals surface area contributed by atoms with E-state index < -0.39 is 28.8 Å². The van der Waals surface area contributed by atoms with Crippen LogP contribution in [0.25, 0.3) is 11.1 Å². The Balaban J connectivity index is 2.28. The van der Waals surface area contributed by atoms with Gasteiger partial charge in [0.15, 0.2) is 5.82 Å². The molecule has 0 spiro atoms. The first-order valence-electron chi connectivity index (χ1n) is 7.96. The molecule has 0 fully saturated rings. The highest BCUT2D eigenvalue weighted by molar-refractivity contribution is 9.10. The number of carbonyl (C=O) groups excluding carboxylic acids is 1. The monoisotopic (exact) mass is 421 g/mol. The Bertz CT molecular complexity index is 940. The zero-order valence-corrected chi connectivity index (χ0v) is 15.8. The molecule has 0 atom stereocenters. The number of aromatic carboxylic acids is 1. The molecule has 5 nitrogen and oxygen atoms in total. The molecule has 0 bridgehead atoms. The fourth-order valence-electron chi connectivity index (χ4n) is 3.16. The van der Waals surface area contributed by atoms with Crippen molar-refractivity contribution in [2.45, 2.75) is 25.7 Å². The largest absolute Gasteiger partial charge is 0.492 e. The smallest absolute Gasteiger partial charge is 0.338 e. The zero-order chi connectivity index (χ0) is 19.2. The van der Waals surface area contributed by atoms with Crippen LogP contribution in [0.3, 0.4) is 0 Å². The van der Waals surface area contributed by atoms with Crippen LogP contribution in [0.5, 0.6) is 5.75 Å². The molecule has 0 unspecified atom stereocenters. The molecular weight excluding hydrogens is 405 g/mol. The van der Waals surface area contributed by atoms with Gasteiger partial charge in [0.05, 0.1) is 22.2 Å². The van der Waals surface area contributed by atoms with E-state index in [1.165, 1.54) is 6.07 Å². The molecule has 1 amide bonds. The van der Waals surface area contributed by atoms with E-state index in [0.29, 0.717) is 22.4 Å². The number of primary amides is 1. The van der Waals surface area contributed by atoms with E-state index in [-0.39, 0.29) is 11.0 Å². The molecule has 2 aromatic rings. The van der Waals surface area contributed by atoms with Gasteiger partial charge in [-0.25, -0.2) is 9.18 Å². The van der Waals surface area contributed by atoms with Gasteiger partial charge >= 0.3 is 5.97 Å². The molecule has 1 aliphatic heterocycles. The van der Waals surface area contributed by atoms with Crippen LogP contribution in [-0.2, 0) is 5.41 Å². The maximum atomic E-state index is 14.6. The molecule has 0 aromatic heterocycles. The number of rotatable bonds is 3. The van der Waals surface area contributed by atoms with E-state index in [2.05, 4.69) is 29.8 Å². The molecule has 3 N–H and O–H groups in total. The van der Waals surface area contributed by atoms with Crippen molar-refractivity contribution in [2.24, 2.45) is 5.73 Å². The maximum Gasteiger partial charge on any atom is 0.338 e. The van der Waals surface area contributed by atoms with Gasteiger partial charge in [-0.3, -0.25) is 4.79 Å². The third-order valence-corrected chi connectivity index (χ3v) is 5.27. The van der Waals surface area contributed by atoms with Crippen LogP contribution in [0.2, 0.25) is 0 Å². The minimum Gasteiger partial charge on any atom is -0.492 e. The Morgan fingerprint density at radius 1 is 1.31 bits per heavy atom. The molecule has 1 aliphatic rings. The van der Waals surface area contributed by atoms with Gasteiger partial charge in [0.2, 0.25) is 0 Å². The van der Waals surface area contributed by atoms with E-state index >= 15 is 0 Å². The first-order chi connectivity index (χ1) is 12.1. The minimum absolute atomic E-state index is 0.168. The second-order valence-electron chi connectivity index (χ2n) is 6.84. The second-order valence-corrected chi connectivity index (χ2v) is 7.69. The molecule has 0 saturated heterocycles. The number of ether oxygens (including phenoxy) is 1. The molecule has 0 aliphatic carbocycles. The van der Waals surface area contributed by atoms with E-state index in [9.17, 15) is 14.0 Å². The Labute approximate surface area is 158 Å². The second kappa shape index (κ2) is 6.39. The number of carboxylic acid groups (broad SMARTS) is 1. The predicted molar refractivity (Wildman–Crippen MR) is 98.2 cm³/mol. The summed E-state index contributed by atoms with van der Waals surface area (Å²) in [7, 11) is 0. The number of carbonyl (C=O) groups is 2. The van der Waals surface area contributed by atoms with E-state index in [4.69, 9.17) is 15.6 Å². The molecule has 26 heavy (non-hydrogen) atoms. The van der Waals surface area contributed by atoms with Crippen LogP contribution in [0.15, 0.2) is 28.7 Å². The minimum atomic E-state index is -1.46. The lowest BCUT2D eigenvalue weighted by Crippen LogP contribution is -2.27.